The van der Waals surface area contributed by atoms with Gasteiger partial charge in [-0.25, -0.2) is 4.79 Å². The predicted octanol–water partition coefficient (Wildman–Crippen LogP) is 0.501. The Hall–Kier alpha value is -1.59. The fraction of sp³-hybridized carbons (Fsp3) is 0.462. The summed E-state index contributed by atoms with van der Waals surface area (Å²) >= 11 is 0. The van der Waals surface area contributed by atoms with Crippen molar-refractivity contribution in [1.82, 2.24) is 9.13 Å². The van der Waals surface area contributed by atoms with E-state index in [1.54, 1.807) is 9.13 Å². The maximum Gasteiger partial charge on any atom is 0.329 e. The Kier molecular flexibility index (Phi) is 4.17. The number of fused-ring (bicyclic) bond motifs is 1. The fourth-order valence-electron chi connectivity index (χ4n) is 2.20. The van der Waals surface area contributed by atoms with E-state index in [0.717, 1.165) is 23.9 Å². The molecule has 0 spiro atoms. The van der Waals surface area contributed by atoms with E-state index < -0.39 is 0 Å². The number of imidazole rings is 1. The highest BCUT2D eigenvalue weighted by atomic mass is 16.1. The number of hydrogen-bond donors (Lipinski definition) is 2. The Balaban J connectivity index is 2.49. The molecule has 1 heterocycles. The molecule has 0 radical (unpaired) electrons. The predicted molar refractivity (Wildman–Crippen MR) is 73.5 cm³/mol. The second kappa shape index (κ2) is 5.84. The first-order valence-electron chi connectivity index (χ1n) is 6.37. The van der Waals surface area contributed by atoms with Crippen LogP contribution in [0.25, 0.3) is 11.0 Å². The molecule has 5 heteroatoms. The lowest BCUT2D eigenvalue weighted by Gasteiger charge is -2.01. The van der Waals surface area contributed by atoms with Crippen molar-refractivity contribution < 1.29 is 0 Å². The van der Waals surface area contributed by atoms with Crippen LogP contribution in [-0.4, -0.2) is 22.2 Å². The van der Waals surface area contributed by atoms with Gasteiger partial charge >= 0.3 is 5.69 Å². The van der Waals surface area contributed by atoms with Crippen LogP contribution in [0.1, 0.15) is 12.8 Å². The molecule has 2 rings (SSSR count). The van der Waals surface area contributed by atoms with Gasteiger partial charge in [-0.15, -0.1) is 0 Å². The smallest absolute Gasteiger partial charge is 0.329 e. The van der Waals surface area contributed by atoms with Gasteiger partial charge in [-0.1, -0.05) is 12.1 Å². The molecule has 98 valence electrons. The maximum atomic E-state index is 12.3. The number of aryl methyl sites for hydroxylation is 2. The lowest BCUT2D eigenvalue weighted by Crippen LogP contribution is -2.26. The van der Waals surface area contributed by atoms with Crippen molar-refractivity contribution >= 4 is 11.0 Å². The van der Waals surface area contributed by atoms with Crippen LogP contribution >= 0.6 is 0 Å². The molecule has 0 atom stereocenters. The summed E-state index contributed by atoms with van der Waals surface area (Å²) in [6.45, 7) is 2.53. The van der Waals surface area contributed by atoms with Gasteiger partial charge in [0.2, 0.25) is 0 Å². The van der Waals surface area contributed by atoms with Gasteiger partial charge in [0.25, 0.3) is 0 Å². The highest BCUT2D eigenvalue weighted by molar-refractivity contribution is 5.75. The zero-order chi connectivity index (χ0) is 13.0. The highest BCUT2D eigenvalue weighted by Crippen LogP contribution is 2.13. The average Bonchev–Trinajstić information content (AvgIpc) is 2.66. The van der Waals surface area contributed by atoms with Gasteiger partial charge in [-0.05, 0) is 38.1 Å². The van der Waals surface area contributed by atoms with Gasteiger partial charge in [-0.3, -0.25) is 9.13 Å². The lowest BCUT2D eigenvalue weighted by molar-refractivity contribution is 0.588. The second-order valence-electron chi connectivity index (χ2n) is 4.36. The molecule has 1 aromatic heterocycles. The number of hydrogen-bond acceptors (Lipinski definition) is 3. The molecule has 2 aromatic rings. The summed E-state index contributed by atoms with van der Waals surface area (Å²) in [7, 11) is 0. The Bertz CT molecular complexity index is 522. The summed E-state index contributed by atoms with van der Waals surface area (Å²) in [4.78, 5) is 12.3. The van der Waals surface area contributed by atoms with Gasteiger partial charge in [0.15, 0.2) is 0 Å². The number of para-hydroxylation sites is 2. The molecule has 5 nitrogen and oxygen atoms in total. The summed E-state index contributed by atoms with van der Waals surface area (Å²) in [6.07, 6.45) is 1.62. The van der Waals surface area contributed by atoms with Crippen LogP contribution in [0.4, 0.5) is 0 Å². The number of rotatable bonds is 6. The van der Waals surface area contributed by atoms with E-state index in [2.05, 4.69) is 0 Å². The zero-order valence-corrected chi connectivity index (χ0v) is 10.5. The van der Waals surface area contributed by atoms with E-state index in [1.165, 1.54) is 0 Å². The molecule has 0 aliphatic carbocycles. The normalized spacial score (nSPS) is 11.2. The van der Waals surface area contributed by atoms with Gasteiger partial charge in [0.1, 0.15) is 0 Å². The number of nitrogens with zero attached hydrogens (tertiary/aromatic N) is 2. The molecule has 1 aromatic carbocycles. The molecule has 0 bridgehead atoms. The van der Waals surface area contributed by atoms with Crippen LogP contribution in [0.2, 0.25) is 0 Å². The van der Waals surface area contributed by atoms with Crippen molar-refractivity contribution in [3.05, 3.63) is 34.7 Å². The van der Waals surface area contributed by atoms with Crippen LogP contribution in [0.3, 0.4) is 0 Å². The van der Waals surface area contributed by atoms with E-state index in [1.807, 2.05) is 24.3 Å². The summed E-state index contributed by atoms with van der Waals surface area (Å²) in [5.41, 5.74) is 13.0. The molecule has 0 unspecified atom stereocenters. The van der Waals surface area contributed by atoms with Crippen LogP contribution in [0.15, 0.2) is 29.1 Å². The minimum Gasteiger partial charge on any atom is -0.330 e. The molecular weight excluding hydrogens is 228 g/mol. The minimum absolute atomic E-state index is 0.0399. The molecule has 4 N–H and O–H groups in total. The highest BCUT2D eigenvalue weighted by Gasteiger charge is 2.11. The Morgan fingerprint density at radius 2 is 1.33 bits per heavy atom. The number of nitrogens with two attached hydrogens (primary N) is 2. The van der Waals surface area contributed by atoms with E-state index in [-0.39, 0.29) is 5.69 Å². The topological polar surface area (TPSA) is 79.0 Å². The van der Waals surface area contributed by atoms with Gasteiger partial charge in [0.05, 0.1) is 11.0 Å². The molecule has 0 saturated heterocycles. The van der Waals surface area contributed by atoms with E-state index >= 15 is 0 Å². The SMILES string of the molecule is NCCCn1c(=O)n(CCCN)c2ccccc21. The van der Waals surface area contributed by atoms with Crippen LogP contribution < -0.4 is 17.2 Å². The minimum atomic E-state index is 0.0399. The Morgan fingerprint density at radius 1 is 0.889 bits per heavy atom. The monoisotopic (exact) mass is 248 g/mol. The van der Waals surface area contributed by atoms with Gasteiger partial charge in [-0.2, -0.15) is 0 Å². The van der Waals surface area contributed by atoms with Gasteiger partial charge < -0.3 is 11.5 Å². The summed E-state index contributed by atoms with van der Waals surface area (Å²) in [5.74, 6) is 0. The molecule has 0 fully saturated rings. The first-order chi connectivity index (χ1) is 8.79. The van der Waals surface area contributed by atoms with Crippen molar-refractivity contribution in [2.75, 3.05) is 13.1 Å². The van der Waals surface area contributed by atoms with Crippen LogP contribution in [-0.2, 0) is 13.1 Å². The van der Waals surface area contributed by atoms with Crippen LogP contribution in [0.5, 0.6) is 0 Å². The first-order valence-corrected chi connectivity index (χ1v) is 6.37. The van der Waals surface area contributed by atoms with E-state index in [0.29, 0.717) is 26.2 Å². The van der Waals surface area contributed by atoms with Crippen molar-refractivity contribution in [2.24, 2.45) is 11.5 Å². The standard InChI is InChI=1S/C13H20N4O/c14-7-3-9-16-11-5-1-2-6-12(11)17(13(16)18)10-4-8-15/h1-2,5-6H,3-4,7-10,14-15H2. The first kappa shape index (κ1) is 12.9. The largest absolute Gasteiger partial charge is 0.330 e. The molecule has 0 saturated carbocycles. The maximum absolute atomic E-state index is 12.3. The Labute approximate surface area is 106 Å². The van der Waals surface area contributed by atoms with Gasteiger partial charge in [0, 0.05) is 13.1 Å². The van der Waals surface area contributed by atoms with Crippen molar-refractivity contribution in [3.63, 3.8) is 0 Å². The third-order valence-electron chi connectivity index (χ3n) is 3.10. The van der Waals surface area contributed by atoms with E-state index in [9.17, 15) is 4.79 Å². The van der Waals surface area contributed by atoms with Crippen molar-refractivity contribution in [3.8, 4) is 0 Å². The summed E-state index contributed by atoms with van der Waals surface area (Å²) in [5, 5.41) is 0. The fourth-order valence-corrected chi connectivity index (χ4v) is 2.20. The third kappa shape index (κ3) is 2.32. The molecule has 0 amide bonds. The average molecular weight is 248 g/mol. The lowest BCUT2D eigenvalue weighted by atomic mass is 10.3. The van der Waals surface area contributed by atoms with Crippen molar-refractivity contribution in [1.29, 1.82) is 0 Å². The second-order valence-corrected chi connectivity index (χ2v) is 4.36. The summed E-state index contributed by atoms with van der Waals surface area (Å²) < 4.78 is 3.61. The molecule has 0 aliphatic heterocycles. The Morgan fingerprint density at radius 3 is 1.72 bits per heavy atom. The van der Waals surface area contributed by atoms with E-state index in [4.69, 9.17) is 11.5 Å². The molecule has 0 aliphatic rings. The van der Waals surface area contributed by atoms with Crippen molar-refractivity contribution in [2.45, 2.75) is 25.9 Å². The quantitative estimate of drug-likeness (QED) is 0.781. The summed E-state index contributed by atoms with van der Waals surface area (Å²) in [6, 6.07) is 7.86. The number of benzene rings is 1. The zero-order valence-electron chi connectivity index (χ0n) is 10.5. The van der Waals surface area contributed by atoms with Crippen LogP contribution in [0, 0.1) is 0 Å². The molecular formula is C13H20N4O. The molecule has 18 heavy (non-hydrogen) atoms. The number of aromatic nitrogens is 2. The third-order valence-corrected chi connectivity index (χ3v) is 3.10.